The molecule has 7 nitrogen and oxygen atoms in total. The van der Waals surface area contributed by atoms with Gasteiger partial charge in [-0.15, -0.1) is 0 Å². The topological polar surface area (TPSA) is 110 Å². The van der Waals surface area contributed by atoms with Crippen molar-refractivity contribution >= 4 is 15.7 Å². The summed E-state index contributed by atoms with van der Waals surface area (Å²) < 4.78 is 26.7. The summed E-state index contributed by atoms with van der Waals surface area (Å²) in [6.07, 6.45) is 0. The summed E-state index contributed by atoms with van der Waals surface area (Å²) in [5, 5.41) is 20.5. The number of nitrogens with zero attached hydrogens (tertiary/aromatic N) is 1. The molecular weight excluding hydrogens is 296 g/mol. The van der Waals surface area contributed by atoms with Gasteiger partial charge in [0.05, 0.1) is 21.8 Å². The van der Waals surface area contributed by atoms with Crippen LogP contribution in [0.15, 0.2) is 24.3 Å². The summed E-state index contributed by atoms with van der Waals surface area (Å²) in [5.41, 5.74) is -1.96. The van der Waals surface area contributed by atoms with E-state index >= 15 is 0 Å². The molecule has 0 saturated carbocycles. The number of sulfonamides is 1. The summed E-state index contributed by atoms with van der Waals surface area (Å²) in [7, 11) is -3.69. The fourth-order valence-electron chi connectivity index (χ4n) is 1.48. The lowest BCUT2D eigenvalue weighted by Crippen LogP contribution is -2.57. The SMILES string of the molecule is CC(C)(O)C(C)(C)NS(=O)(=O)Cc1ccc([N+](=O)[O-])cc1. The lowest BCUT2D eigenvalue weighted by atomic mass is 9.87. The van der Waals surface area contributed by atoms with Gasteiger partial charge < -0.3 is 5.11 Å². The van der Waals surface area contributed by atoms with E-state index in [2.05, 4.69) is 4.72 Å². The van der Waals surface area contributed by atoms with Crippen LogP contribution in [0, 0.1) is 10.1 Å². The summed E-state index contributed by atoms with van der Waals surface area (Å²) in [6, 6.07) is 5.31. The first-order chi connectivity index (χ1) is 9.34. The molecule has 0 saturated heterocycles. The summed E-state index contributed by atoms with van der Waals surface area (Å²) in [6.45, 7) is 6.20. The van der Waals surface area contributed by atoms with E-state index in [1.54, 1.807) is 13.8 Å². The third-order valence-corrected chi connectivity index (χ3v) is 4.98. The molecule has 0 aliphatic rings. The molecule has 0 amide bonds. The van der Waals surface area contributed by atoms with Gasteiger partial charge in [0.25, 0.3) is 5.69 Å². The second-order valence-corrected chi connectivity index (χ2v) is 7.69. The van der Waals surface area contributed by atoms with Gasteiger partial charge in [0, 0.05) is 12.1 Å². The fourth-order valence-corrected chi connectivity index (χ4v) is 3.21. The van der Waals surface area contributed by atoms with E-state index in [0.29, 0.717) is 5.56 Å². The van der Waals surface area contributed by atoms with E-state index < -0.39 is 26.1 Å². The van der Waals surface area contributed by atoms with Crippen molar-refractivity contribution in [3.63, 3.8) is 0 Å². The van der Waals surface area contributed by atoms with Crippen molar-refractivity contribution in [2.75, 3.05) is 0 Å². The van der Waals surface area contributed by atoms with Crippen LogP contribution < -0.4 is 4.72 Å². The molecule has 0 radical (unpaired) electrons. The van der Waals surface area contributed by atoms with Crippen molar-refractivity contribution in [1.82, 2.24) is 4.72 Å². The third-order valence-electron chi connectivity index (χ3n) is 3.44. The van der Waals surface area contributed by atoms with Gasteiger partial charge in [-0.05, 0) is 33.3 Å². The van der Waals surface area contributed by atoms with Crippen molar-refractivity contribution < 1.29 is 18.4 Å². The number of hydrogen-bond donors (Lipinski definition) is 2. The minimum Gasteiger partial charge on any atom is -0.389 e. The maximum absolute atomic E-state index is 12.1. The van der Waals surface area contributed by atoms with Crippen LogP contribution in [0.4, 0.5) is 5.69 Å². The molecule has 1 rings (SSSR count). The Kier molecular flexibility index (Phi) is 4.76. The van der Waals surface area contributed by atoms with Gasteiger partial charge in [-0.2, -0.15) is 0 Å². The Labute approximate surface area is 124 Å². The van der Waals surface area contributed by atoms with Gasteiger partial charge in [0.15, 0.2) is 0 Å². The predicted molar refractivity (Wildman–Crippen MR) is 79.2 cm³/mol. The van der Waals surface area contributed by atoms with E-state index in [1.807, 2.05) is 0 Å². The zero-order chi connectivity index (χ0) is 16.5. The largest absolute Gasteiger partial charge is 0.389 e. The molecule has 0 bridgehead atoms. The summed E-state index contributed by atoms with van der Waals surface area (Å²) in [5.74, 6) is -0.315. The molecule has 0 fully saturated rings. The number of non-ortho nitro benzene ring substituents is 1. The summed E-state index contributed by atoms with van der Waals surface area (Å²) in [4.78, 5) is 9.99. The fraction of sp³-hybridized carbons (Fsp3) is 0.538. The lowest BCUT2D eigenvalue weighted by Gasteiger charge is -2.37. The lowest BCUT2D eigenvalue weighted by molar-refractivity contribution is -0.384. The highest BCUT2D eigenvalue weighted by atomic mass is 32.2. The van der Waals surface area contributed by atoms with Crippen molar-refractivity contribution in [3.05, 3.63) is 39.9 Å². The van der Waals surface area contributed by atoms with Gasteiger partial charge in [-0.25, -0.2) is 13.1 Å². The zero-order valence-corrected chi connectivity index (χ0v) is 13.3. The Morgan fingerprint density at radius 3 is 2.05 bits per heavy atom. The Morgan fingerprint density at radius 1 is 1.19 bits per heavy atom. The van der Waals surface area contributed by atoms with Crippen LogP contribution in [-0.4, -0.2) is 29.6 Å². The van der Waals surface area contributed by atoms with Crippen molar-refractivity contribution in [2.24, 2.45) is 0 Å². The highest BCUT2D eigenvalue weighted by Gasteiger charge is 2.38. The van der Waals surface area contributed by atoms with Crippen LogP contribution >= 0.6 is 0 Å². The highest BCUT2D eigenvalue weighted by Crippen LogP contribution is 2.22. The Hall–Kier alpha value is -1.51. The van der Waals surface area contributed by atoms with Gasteiger partial charge in [-0.3, -0.25) is 10.1 Å². The van der Waals surface area contributed by atoms with Crippen molar-refractivity contribution in [1.29, 1.82) is 0 Å². The minimum atomic E-state index is -3.69. The number of aliphatic hydroxyl groups is 1. The van der Waals surface area contributed by atoms with Crippen LogP contribution in [-0.2, 0) is 15.8 Å². The van der Waals surface area contributed by atoms with Gasteiger partial charge >= 0.3 is 0 Å². The van der Waals surface area contributed by atoms with E-state index in [4.69, 9.17) is 0 Å². The number of rotatable bonds is 6. The average molecular weight is 316 g/mol. The van der Waals surface area contributed by atoms with Gasteiger partial charge in [0.1, 0.15) is 0 Å². The molecule has 2 N–H and O–H groups in total. The van der Waals surface area contributed by atoms with E-state index in [1.165, 1.54) is 38.1 Å². The Bertz CT molecular complexity index is 615. The molecular formula is C13H20N2O5S. The predicted octanol–water partition coefficient (Wildman–Crippen LogP) is 1.56. The molecule has 0 aromatic heterocycles. The van der Waals surface area contributed by atoms with Crippen molar-refractivity contribution in [2.45, 2.75) is 44.6 Å². The molecule has 118 valence electrons. The maximum atomic E-state index is 12.1. The second kappa shape index (κ2) is 5.70. The van der Waals surface area contributed by atoms with E-state index in [9.17, 15) is 23.6 Å². The van der Waals surface area contributed by atoms with Crippen molar-refractivity contribution in [3.8, 4) is 0 Å². The first-order valence-electron chi connectivity index (χ1n) is 6.31. The molecule has 0 atom stereocenters. The van der Waals surface area contributed by atoms with Crippen LogP contribution in [0.5, 0.6) is 0 Å². The van der Waals surface area contributed by atoms with Crippen LogP contribution in [0.3, 0.4) is 0 Å². The van der Waals surface area contributed by atoms with Crippen LogP contribution in [0.25, 0.3) is 0 Å². The molecule has 0 spiro atoms. The highest BCUT2D eigenvalue weighted by molar-refractivity contribution is 7.88. The molecule has 0 unspecified atom stereocenters. The first-order valence-corrected chi connectivity index (χ1v) is 7.97. The molecule has 1 aromatic rings. The van der Waals surface area contributed by atoms with E-state index in [-0.39, 0.29) is 11.4 Å². The molecule has 0 aliphatic carbocycles. The average Bonchev–Trinajstić information content (AvgIpc) is 2.25. The Balaban J connectivity index is 2.89. The van der Waals surface area contributed by atoms with Gasteiger partial charge in [0.2, 0.25) is 10.0 Å². The molecule has 0 aliphatic heterocycles. The van der Waals surface area contributed by atoms with Crippen LogP contribution in [0.1, 0.15) is 33.3 Å². The smallest absolute Gasteiger partial charge is 0.269 e. The standard InChI is InChI=1S/C13H20N2O5S/c1-12(2,13(3,4)16)14-21(19,20)9-10-5-7-11(8-6-10)15(17)18/h5-8,14,16H,9H2,1-4H3. The Morgan fingerprint density at radius 2 is 1.67 bits per heavy atom. The molecule has 0 heterocycles. The molecule has 1 aromatic carbocycles. The molecule has 21 heavy (non-hydrogen) atoms. The monoisotopic (exact) mass is 316 g/mol. The number of nitro benzene ring substituents is 1. The molecule has 8 heteroatoms. The minimum absolute atomic E-state index is 0.0964. The van der Waals surface area contributed by atoms with Gasteiger partial charge in [-0.1, -0.05) is 12.1 Å². The number of nitro groups is 1. The maximum Gasteiger partial charge on any atom is 0.269 e. The first kappa shape index (κ1) is 17.5. The third kappa shape index (κ3) is 4.76. The quantitative estimate of drug-likeness (QED) is 0.611. The number of nitrogens with one attached hydrogen (secondary N) is 1. The normalized spacial score (nSPS) is 13.2. The number of hydrogen-bond acceptors (Lipinski definition) is 5. The van der Waals surface area contributed by atoms with Crippen LogP contribution in [0.2, 0.25) is 0 Å². The van der Waals surface area contributed by atoms with E-state index in [0.717, 1.165) is 0 Å². The zero-order valence-electron chi connectivity index (χ0n) is 12.5. The number of benzene rings is 1. The second-order valence-electron chi connectivity index (χ2n) is 5.97. The summed E-state index contributed by atoms with van der Waals surface area (Å²) >= 11 is 0.